The van der Waals surface area contributed by atoms with Gasteiger partial charge in [-0.15, -0.1) is 0 Å². The Hall–Kier alpha value is -0.350. The van der Waals surface area contributed by atoms with Crippen molar-refractivity contribution in [1.82, 2.24) is 14.5 Å². The largest absolute Gasteiger partial charge is 0.338 e. The second-order valence-electron chi connectivity index (χ2n) is 5.05. The lowest BCUT2D eigenvalue weighted by Gasteiger charge is -2.35. The van der Waals surface area contributed by atoms with Crippen molar-refractivity contribution in [1.29, 1.82) is 0 Å². The predicted octanol–water partition coefficient (Wildman–Crippen LogP) is 2.60. The zero-order valence-electron chi connectivity index (χ0n) is 10.8. The van der Waals surface area contributed by atoms with Gasteiger partial charge in [-0.2, -0.15) is 0 Å². The van der Waals surface area contributed by atoms with E-state index in [0.717, 1.165) is 13.0 Å². The lowest BCUT2D eigenvalue weighted by molar-refractivity contribution is 0.201. The molecule has 0 bridgehead atoms. The molecule has 0 saturated heterocycles. The van der Waals surface area contributed by atoms with E-state index in [4.69, 9.17) is 0 Å². The van der Waals surface area contributed by atoms with Gasteiger partial charge in [0.05, 0.1) is 0 Å². The third-order valence-corrected chi connectivity index (χ3v) is 4.89. The highest BCUT2D eigenvalue weighted by Crippen LogP contribution is 2.27. The molecule has 0 aliphatic heterocycles. The lowest BCUT2D eigenvalue weighted by atomic mass is 9.94. The van der Waals surface area contributed by atoms with E-state index in [-0.39, 0.29) is 0 Å². The van der Waals surface area contributed by atoms with Crippen LogP contribution in [0.5, 0.6) is 0 Å². The van der Waals surface area contributed by atoms with Gasteiger partial charge in [0.25, 0.3) is 0 Å². The van der Waals surface area contributed by atoms with Gasteiger partial charge in [-0.05, 0) is 19.9 Å². The number of likely N-dealkylation sites (N-methyl/N-ethyl adjacent to an activating group) is 1. The van der Waals surface area contributed by atoms with E-state index in [2.05, 4.69) is 44.5 Å². The summed E-state index contributed by atoms with van der Waals surface area (Å²) in [7, 11) is 4.31. The van der Waals surface area contributed by atoms with Crippen LogP contribution in [0.2, 0.25) is 0 Å². The van der Waals surface area contributed by atoms with Crippen molar-refractivity contribution in [2.75, 3.05) is 13.6 Å². The van der Waals surface area contributed by atoms with Crippen molar-refractivity contribution in [3.05, 3.63) is 18.2 Å². The normalized spacial score (nSPS) is 25.4. The zero-order chi connectivity index (χ0) is 12.3. The molecule has 0 N–H and O–H groups in total. The minimum atomic E-state index is 0.669. The molecule has 4 heteroatoms. The van der Waals surface area contributed by atoms with E-state index in [1.165, 1.54) is 31.5 Å². The van der Waals surface area contributed by atoms with Crippen molar-refractivity contribution in [2.24, 2.45) is 7.05 Å². The Kier molecular flexibility index (Phi) is 4.62. The number of nitrogens with zero attached hydrogens (tertiary/aromatic N) is 3. The second kappa shape index (κ2) is 6.01. The highest BCUT2D eigenvalue weighted by Gasteiger charge is 2.25. The summed E-state index contributed by atoms with van der Waals surface area (Å²) in [5, 5.41) is 0. The Bertz CT molecular complexity index is 350. The molecule has 0 amide bonds. The monoisotopic (exact) mass is 299 g/mol. The van der Waals surface area contributed by atoms with E-state index >= 15 is 0 Å². The van der Waals surface area contributed by atoms with Crippen LogP contribution < -0.4 is 0 Å². The Morgan fingerprint density at radius 3 is 2.88 bits per heavy atom. The molecule has 1 heterocycles. The first-order valence-corrected chi connectivity index (χ1v) is 7.40. The summed E-state index contributed by atoms with van der Waals surface area (Å²) in [6.45, 7) is 1.09. The molecule has 2 unspecified atom stereocenters. The SMILES string of the molecule is CN(CCc1nccn1C)C1CCCCC1Br. The van der Waals surface area contributed by atoms with Gasteiger partial charge in [-0.1, -0.05) is 28.8 Å². The lowest BCUT2D eigenvalue weighted by Crippen LogP contribution is -2.41. The van der Waals surface area contributed by atoms with Crippen LogP contribution in [0.25, 0.3) is 0 Å². The van der Waals surface area contributed by atoms with Crippen molar-refractivity contribution < 1.29 is 0 Å². The Labute approximate surface area is 112 Å². The molecular formula is C13H22BrN3. The van der Waals surface area contributed by atoms with Crippen LogP contribution in [-0.4, -0.2) is 38.9 Å². The molecule has 0 spiro atoms. The zero-order valence-corrected chi connectivity index (χ0v) is 12.4. The Balaban J connectivity index is 1.84. The second-order valence-corrected chi connectivity index (χ2v) is 6.23. The number of rotatable bonds is 4. The maximum Gasteiger partial charge on any atom is 0.109 e. The molecule has 3 nitrogen and oxygen atoms in total. The van der Waals surface area contributed by atoms with Gasteiger partial charge in [0.15, 0.2) is 0 Å². The first-order chi connectivity index (χ1) is 8.18. The highest BCUT2D eigenvalue weighted by molar-refractivity contribution is 9.09. The smallest absolute Gasteiger partial charge is 0.109 e. The van der Waals surface area contributed by atoms with Gasteiger partial charge in [-0.3, -0.25) is 0 Å². The molecule has 17 heavy (non-hydrogen) atoms. The van der Waals surface area contributed by atoms with E-state index in [9.17, 15) is 0 Å². The average Bonchev–Trinajstić information content (AvgIpc) is 2.72. The summed E-state index contributed by atoms with van der Waals surface area (Å²) in [6.07, 6.45) is 10.3. The molecule has 96 valence electrons. The highest BCUT2D eigenvalue weighted by atomic mass is 79.9. The summed E-state index contributed by atoms with van der Waals surface area (Å²) in [6, 6.07) is 0.698. The van der Waals surface area contributed by atoms with Crippen molar-refractivity contribution in [3.8, 4) is 0 Å². The Morgan fingerprint density at radius 2 is 2.24 bits per heavy atom. The summed E-state index contributed by atoms with van der Waals surface area (Å²) < 4.78 is 2.11. The Morgan fingerprint density at radius 1 is 1.47 bits per heavy atom. The quantitative estimate of drug-likeness (QED) is 0.797. The minimum absolute atomic E-state index is 0.669. The third kappa shape index (κ3) is 3.32. The van der Waals surface area contributed by atoms with E-state index in [0.29, 0.717) is 10.9 Å². The molecule has 1 aliphatic rings. The molecular weight excluding hydrogens is 278 g/mol. The third-order valence-electron chi connectivity index (χ3n) is 3.82. The van der Waals surface area contributed by atoms with Crippen molar-refractivity contribution >= 4 is 15.9 Å². The molecule has 1 aromatic heterocycles. The molecule has 0 aromatic carbocycles. The average molecular weight is 300 g/mol. The number of hydrogen-bond acceptors (Lipinski definition) is 2. The summed E-state index contributed by atoms with van der Waals surface area (Å²) >= 11 is 3.83. The molecule has 2 rings (SSSR count). The first kappa shape index (κ1) is 13.1. The van der Waals surface area contributed by atoms with E-state index in [1.54, 1.807) is 0 Å². The summed E-state index contributed by atoms with van der Waals surface area (Å²) in [4.78, 5) is 7.54. The van der Waals surface area contributed by atoms with Crippen molar-refractivity contribution in [2.45, 2.75) is 43.0 Å². The van der Waals surface area contributed by atoms with Crippen LogP contribution in [0.1, 0.15) is 31.5 Å². The maximum absolute atomic E-state index is 4.38. The summed E-state index contributed by atoms with van der Waals surface area (Å²) in [5.74, 6) is 1.18. The fourth-order valence-electron chi connectivity index (χ4n) is 2.64. The fraction of sp³-hybridized carbons (Fsp3) is 0.769. The van der Waals surface area contributed by atoms with Gasteiger partial charge in [0, 0.05) is 43.3 Å². The molecule has 1 aliphatic carbocycles. The van der Waals surface area contributed by atoms with Crippen LogP contribution in [0, 0.1) is 0 Å². The molecule has 0 radical (unpaired) electrons. The standard InChI is InChI=1S/C13H22BrN3/c1-16(12-6-4-3-5-11(12)14)9-7-13-15-8-10-17(13)2/h8,10-12H,3-7,9H2,1-2H3. The van der Waals surface area contributed by atoms with Gasteiger partial charge in [-0.25, -0.2) is 4.98 Å². The number of alkyl halides is 1. The van der Waals surface area contributed by atoms with Gasteiger partial charge in [0.2, 0.25) is 0 Å². The molecule has 1 fully saturated rings. The molecule has 1 aromatic rings. The van der Waals surface area contributed by atoms with Gasteiger partial charge >= 0.3 is 0 Å². The number of aromatic nitrogens is 2. The van der Waals surface area contributed by atoms with Crippen LogP contribution in [-0.2, 0) is 13.5 Å². The van der Waals surface area contributed by atoms with Gasteiger partial charge < -0.3 is 9.47 Å². The first-order valence-electron chi connectivity index (χ1n) is 6.49. The van der Waals surface area contributed by atoms with Crippen molar-refractivity contribution in [3.63, 3.8) is 0 Å². The fourth-order valence-corrected chi connectivity index (χ4v) is 3.63. The van der Waals surface area contributed by atoms with Crippen LogP contribution in [0.15, 0.2) is 12.4 Å². The minimum Gasteiger partial charge on any atom is -0.338 e. The maximum atomic E-state index is 4.38. The molecule has 2 atom stereocenters. The number of imidazole rings is 1. The van der Waals surface area contributed by atoms with Gasteiger partial charge in [0.1, 0.15) is 5.82 Å². The van der Waals surface area contributed by atoms with Crippen LogP contribution in [0.4, 0.5) is 0 Å². The van der Waals surface area contributed by atoms with E-state index in [1.807, 2.05) is 12.4 Å². The molecule has 1 saturated carbocycles. The summed E-state index contributed by atoms with van der Waals surface area (Å²) in [5.41, 5.74) is 0. The number of halogens is 1. The number of aryl methyl sites for hydroxylation is 1. The van der Waals surface area contributed by atoms with Crippen LogP contribution >= 0.6 is 15.9 Å². The number of hydrogen-bond donors (Lipinski definition) is 0. The van der Waals surface area contributed by atoms with Crippen LogP contribution in [0.3, 0.4) is 0 Å². The topological polar surface area (TPSA) is 21.1 Å². The van der Waals surface area contributed by atoms with E-state index < -0.39 is 0 Å². The predicted molar refractivity (Wildman–Crippen MR) is 74.5 cm³/mol.